The standard InChI is InChI=1S/C17H24ClFS/c18-16-10-9-15(17(19)12-16)13-20-11-5-4-8-14-6-2-1-3-7-14/h9-10,12,14H,1-8,11,13H2. The maximum absolute atomic E-state index is 13.6. The van der Waals surface area contributed by atoms with Crippen LogP contribution in [-0.2, 0) is 5.75 Å². The van der Waals surface area contributed by atoms with Gasteiger partial charge in [-0.3, -0.25) is 0 Å². The lowest BCUT2D eigenvalue weighted by molar-refractivity contribution is 0.332. The van der Waals surface area contributed by atoms with Crippen LogP contribution in [0.1, 0.15) is 56.9 Å². The molecule has 112 valence electrons. The normalized spacial score (nSPS) is 16.5. The number of benzene rings is 1. The Morgan fingerprint density at radius 2 is 1.95 bits per heavy atom. The quantitative estimate of drug-likeness (QED) is 0.520. The van der Waals surface area contributed by atoms with E-state index in [1.807, 2.05) is 11.8 Å². The van der Waals surface area contributed by atoms with Gasteiger partial charge in [0.05, 0.1) is 0 Å². The van der Waals surface area contributed by atoms with Crippen molar-refractivity contribution in [3.63, 3.8) is 0 Å². The van der Waals surface area contributed by atoms with E-state index in [-0.39, 0.29) is 5.82 Å². The summed E-state index contributed by atoms with van der Waals surface area (Å²) >= 11 is 7.58. The van der Waals surface area contributed by atoms with Crippen LogP contribution >= 0.6 is 23.4 Å². The van der Waals surface area contributed by atoms with Crippen molar-refractivity contribution in [2.45, 2.75) is 57.1 Å². The molecule has 0 radical (unpaired) electrons. The molecule has 0 N–H and O–H groups in total. The van der Waals surface area contributed by atoms with E-state index >= 15 is 0 Å². The molecule has 0 aromatic heterocycles. The average Bonchev–Trinajstić information content (AvgIpc) is 2.46. The Balaban J connectivity index is 1.55. The smallest absolute Gasteiger partial charge is 0.128 e. The number of hydrogen-bond donors (Lipinski definition) is 0. The summed E-state index contributed by atoms with van der Waals surface area (Å²) < 4.78 is 13.6. The monoisotopic (exact) mass is 314 g/mol. The van der Waals surface area contributed by atoms with E-state index in [0.717, 1.165) is 23.0 Å². The van der Waals surface area contributed by atoms with Crippen molar-refractivity contribution >= 4 is 23.4 Å². The molecule has 0 spiro atoms. The first-order chi connectivity index (χ1) is 9.75. The van der Waals surface area contributed by atoms with Crippen molar-refractivity contribution in [3.8, 4) is 0 Å². The molecule has 0 heterocycles. The molecular weight excluding hydrogens is 291 g/mol. The van der Waals surface area contributed by atoms with Crippen LogP contribution < -0.4 is 0 Å². The van der Waals surface area contributed by atoms with Crippen molar-refractivity contribution in [3.05, 3.63) is 34.6 Å². The lowest BCUT2D eigenvalue weighted by Crippen LogP contribution is -2.05. The van der Waals surface area contributed by atoms with Crippen LogP contribution in [0.4, 0.5) is 4.39 Å². The molecule has 0 unspecified atom stereocenters. The van der Waals surface area contributed by atoms with Gasteiger partial charge in [0.25, 0.3) is 0 Å². The summed E-state index contributed by atoms with van der Waals surface area (Å²) in [5.41, 5.74) is 0.770. The van der Waals surface area contributed by atoms with Gasteiger partial charge in [-0.05, 0) is 35.8 Å². The van der Waals surface area contributed by atoms with E-state index in [2.05, 4.69) is 0 Å². The lowest BCUT2D eigenvalue weighted by Gasteiger charge is -2.21. The molecule has 1 aliphatic rings. The summed E-state index contributed by atoms with van der Waals surface area (Å²) in [6.07, 6.45) is 11.2. The lowest BCUT2D eigenvalue weighted by atomic mass is 9.86. The summed E-state index contributed by atoms with van der Waals surface area (Å²) in [5, 5.41) is 0.476. The largest absolute Gasteiger partial charge is 0.207 e. The van der Waals surface area contributed by atoms with Crippen LogP contribution in [0.5, 0.6) is 0 Å². The number of unbranched alkanes of at least 4 members (excludes halogenated alkanes) is 1. The van der Waals surface area contributed by atoms with Gasteiger partial charge in [0.2, 0.25) is 0 Å². The predicted molar refractivity (Wildman–Crippen MR) is 88.0 cm³/mol. The second-order valence-electron chi connectivity index (χ2n) is 5.79. The summed E-state index contributed by atoms with van der Waals surface area (Å²) in [6, 6.07) is 4.97. The van der Waals surface area contributed by atoms with Crippen LogP contribution in [0, 0.1) is 11.7 Å². The molecular formula is C17H24ClFS. The molecule has 0 aliphatic heterocycles. The fraction of sp³-hybridized carbons (Fsp3) is 0.647. The van der Waals surface area contributed by atoms with E-state index in [9.17, 15) is 4.39 Å². The highest BCUT2D eigenvalue weighted by Crippen LogP contribution is 2.28. The highest BCUT2D eigenvalue weighted by molar-refractivity contribution is 7.98. The number of thioether (sulfide) groups is 1. The average molecular weight is 315 g/mol. The molecule has 1 aromatic rings. The van der Waals surface area contributed by atoms with Crippen LogP contribution in [0.3, 0.4) is 0 Å². The van der Waals surface area contributed by atoms with Crippen molar-refractivity contribution in [2.24, 2.45) is 5.92 Å². The fourth-order valence-corrected chi connectivity index (χ4v) is 4.10. The number of rotatable bonds is 7. The van der Waals surface area contributed by atoms with E-state index in [1.165, 1.54) is 57.4 Å². The van der Waals surface area contributed by atoms with Gasteiger partial charge in [0.15, 0.2) is 0 Å². The molecule has 0 amide bonds. The van der Waals surface area contributed by atoms with Gasteiger partial charge < -0.3 is 0 Å². The highest BCUT2D eigenvalue weighted by atomic mass is 35.5. The van der Waals surface area contributed by atoms with Gasteiger partial charge in [-0.1, -0.05) is 62.6 Å². The van der Waals surface area contributed by atoms with E-state index < -0.39 is 0 Å². The third kappa shape index (κ3) is 5.65. The van der Waals surface area contributed by atoms with E-state index in [1.54, 1.807) is 12.1 Å². The minimum Gasteiger partial charge on any atom is -0.207 e. The zero-order valence-electron chi connectivity index (χ0n) is 12.0. The maximum atomic E-state index is 13.6. The van der Waals surface area contributed by atoms with Crippen molar-refractivity contribution in [1.82, 2.24) is 0 Å². The van der Waals surface area contributed by atoms with Crippen LogP contribution in [-0.4, -0.2) is 5.75 Å². The molecule has 1 saturated carbocycles. The molecule has 1 aliphatic carbocycles. The third-order valence-corrected chi connectivity index (χ3v) is 5.48. The first-order valence-corrected chi connectivity index (χ1v) is 9.30. The summed E-state index contributed by atoms with van der Waals surface area (Å²) in [6.45, 7) is 0. The van der Waals surface area contributed by atoms with Crippen LogP contribution in [0.25, 0.3) is 0 Å². The predicted octanol–water partition coefficient (Wildman–Crippen LogP) is 6.46. The minimum atomic E-state index is -0.174. The Kier molecular flexibility index (Phi) is 7.23. The summed E-state index contributed by atoms with van der Waals surface area (Å²) in [7, 11) is 0. The first kappa shape index (κ1) is 16.2. The summed E-state index contributed by atoms with van der Waals surface area (Å²) in [4.78, 5) is 0. The van der Waals surface area contributed by atoms with Crippen molar-refractivity contribution in [2.75, 3.05) is 5.75 Å². The number of halogens is 2. The van der Waals surface area contributed by atoms with Gasteiger partial charge >= 0.3 is 0 Å². The van der Waals surface area contributed by atoms with Crippen molar-refractivity contribution in [1.29, 1.82) is 0 Å². The van der Waals surface area contributed by atoms with Crippen LogP contribution in [0.15, 0.2) is 18.2 Å². The zero-order valence-corrected chi connectivity index (χ0v) is 13.6. The topological polar surface area (TPSA) is 0 Å². The Hall–Kier alpha value is -0.210. The molecule has 0 bridgehead atoms. The maximum Gasteiger partial charge on any atom is 0.128 e. The Labute approximate surface area is 131 Å². The highest BCUT2D eigenvalue weighted by Gasteiger charge is 2.12. The van der Waals surface area contributed by atoms with Gasteiger partial charge in [-0.15, -0.1) is 0 Å². The SMILES string of the molecule is Fc1cc(Cl)ccc1CSCCCCC1CCCCC1. The zero-order chi connectivity index (χ0) is 14.2. The Bertz CT molecular complexity index is 402. The molecule has 20 heavy (non-hydrogen) atoms. The Morgan fingerprint density at radius 3 is 2.70 bits per heavy atom. The second-order valence-corrected chi connectivity index (χ2v) is 7.33. The molecule has 0 atom stereocenters. The van der Waals surface area contributed by atoms with E-state index in [4.69, 9.17) is 11.6 Å². The molecule has 2 rings (SSSR count). The third-order valence-electron chi connectivity index (χ3n) is 4.15. The molecule has 0 saturated heterocycles. The van der Waals surface area contributed by atoms with Gasteiger partial charge in [0, 0.05) is 10.8 Å². The molecule has 1 fully saturated rings. The van der Waals surface area contributed by atoms with Crippen LogP contribution in [0.2, 0.25) is 5.02 Å². The second kappa shape index (κ2) is 8.94. The van der Waals surface area contributed by atoms with Gasteiger partial charge in [-0.2, -0.15) is 11.8 Å². The number of hydrogen-bond acceptors (Lipinski definition) is 1. The minimum absolute atomic E-state index is 0.174. The van der Waals surface area contributed by atoms with Crippen molar-refractivity contribution < 1.29 is 4.39 Å². The molecule has 3 heteroatoms. The molecule has 1 aromatic carbocycles. The molecule has 0 nitrogen and oxygen atoms in total. The Morgan fingerprint density at radius 1 is 1.15 bits per heavy atom. The van der Waals surface area contributed by atoms with Gasteiger partial charge in [0.1, 0.15) is 5.82 Å². The summed E-state index contributed by atoms with van der Waals surface area (Å²) in [5.74, 6) is 2.70. The fourth-order valence-electron chi connectivity index (χ4n) is 2.93. The van der Waals surface area contributed by atoms with Gasteiger partial charge in [-0.25, -0.2) is 4.39 Å². The van der Waals surface area contributed by atoms with E-state index in [0.29, 0.717) is 5.02 Å². The first-order valence-electron chi connectivity index (χ1n) is 7.77.